The molecule has 0 aromatic rings. The minimum Gasteiger partial charge on any atom is -0.398 e. The molecule has 0 saturated heterocycles. The number of hydrogen-bond donors (Lipinski definition) is 3. The third kappa shape index (κ3) is 8.20. The molecule has 98 valence electrons. The van der Waals surface area contributed by atoms with E-state index in [9.17, 15) is 0 Å². The Bertz CT molecular complexity index is 163. The zero-order chi connectivity index (χ0) is 12.3. The second-order valence-electron chi connectivity index (χ2n) is 3.97. The van der Waals surface area contributed by atoms with Crippen molar-refractivity contribution in [2.24, 2.45) is 11.5 Å². The highest BCUT2D eigenvalue weighted by Gasteiger charge is 2.28. The minimum absolute atomic E-state index is 0.682. The number of nitrogens with one attached hydrogen (secondary N) is 1. The van der Waals surface area contributed by atoms with Crippen molar-refractivity contribution >= 4 is 8.56 Å². The van der Waals surface area contributed by atoms with Crippen LogP contribution in [0.25, 0.3) is 0 Å². The largest absolute Gasteiger partial charge is 0.398 e. The first-order valence-corrected chi connectivity index (χ1v) is 8.51. The van der Waals surface area contributed by atoms with Crippen molar-refractivity contribution in [2.75, 3.05) is 39.9 Å². The lowest BCUT2D eigenvalue weighted by Crippen LogP contribution is -2.38. The molecule has 0 aliphatic heterocycles. The van der Waals surface area contributed by atoms with Gasteiger partial charge in [-0.05, 0) is 38.5 Å². The Balaban J connectivity index is 3.53. The molecule has 0 rings (SSSR count). The SMILES string of the molecule is CO[Si](C)(CCCN)OCCCNCCN. The van der Waals surface area contributed by atoms with Crippen LogP contribution < -0.4 is 16.8 Å². The van der Waals surface area contributed by atoms with Gasteiger partial charge >= 0.3 is 8.56 Å². The summed E-state index contributed by atoms with van der Waals surface area (Å²) in [4.78, 5) is 0. The lowest BCUT2D eigenvalue weighted by atomic mass is 10.4. The van der Waals surface area contributed by atoms with E-state index in [-0.39, 0.29) is 0 Å². The minimum atomic E-state index is -1.95. The van der Waals surface area contributed by atoms with Crippen LogP contribution in [0.3, 0.4) is 0 Å². The Kier molecular flexibility index (Phi) is 10.2. The van der Waals surface area contributed by atoms with Crippen molar-refractivity contribution in [2.45, 2.75) is 25.4 Å². The molecule has 5 N–H and O–H groups in total. The first-order valence-electron chi connectivity index (χ1n) is 5.98. The van der Waals surface area contributed by atoms with Gasteiger partial charge < -0.3 is 25.6 Å². The second-order valence-corrected chi connectivity index (χ2v) is 7.44. The van der Waals surface area contributed by atoms with Crippen LogP contribution in [0.2, 0.25) is 12.6 Å². The lowest BCUT2D eigenvalue weighted by Gasteiger charge is -2.24. The molecule has 0 radical (unpaired) electrons. The smallest absolute Gasteiger partial charge is 0.334 e. The molecular weight excluding hydrogens is 222 g/mol. The van der Waals surface area contributed by atoms with Gasteiger partial charge in [-0.15, -0.1) is 0 Å². The summed E-state index contributed by atoms with van der Waals surface area (Å²) in [6.45, 7) is 6.04. The summed E-state index contributed by atoms with van der Waals surface area (Å²) in [5.41, 5.74) is 10.9. The molecule has 1 atom stereocenters. The monoisotopic (exact) mass is 249 g/mol. The van der Waals surface area contributed by atoms with Crippen LogP contribution in [-0.2, 0) is 8.85 Å². The van der Waals surface area contributed by atoms with E-state index in [0.717, 1.165) is 38.6 Å². The van der Waals surface area contributed by atoms with Crippen LogP contribution in [0.4, 0.5) is 0 Å². The summed E-state index contributed by atoms with van der Waals surface area (Å²) in [6.07, 6.45) is 1.97. The zero-order valence-electron chi connectivity index (χ0n) is 10.6. The maximum atomic E-state index is 5.85. The van der Waals surface area contributed by atoms with Crippen molar-refractivity contribution in [3.8, 4) is 0 Å². The Morgan fingerprint density at radius 1 is 1.12 bits per heavy atom. The molecule has 0 heterocycles. The molecule has 0 saturated carbocycles. The fourth-order valence-electron chi connectivity index (χ4n) is 1.37. The summed E-state index contributed by atoms with van der Waals surface area (Å²) in [7, 11) is -0.214. The van der Waals surface area contributed by atoms with E-state index in [2.05, 4.69) is 11.9 Å². The third-order valence-electron chi connectivity index (χ3n) is 2.49. The van der Waals surface area contributed by atoms with Crippen LogP contribution in [0, 0.1) is 0 Å². The van der Waals surface area contributed by atoms with Crippen molar-refractivity contribution in [3.05, 3.63) is 0 Å². The topological polar surface area (TPSA) is 82.5 Å². The van der Waals surface area contributed by atoms with E-state index in [1.54, 1.807) is 7.11 Å². The van der Waals surface area contributed by atoms with Crippen LogP contribution in [0.5, 0.6) is 0 Å². The normalized spacial score (nSPS) is 15.0. The van der Waals surface area contributed by atoms with Crippen molar-refractivity contribution in [1.29, 1.82) is 0 Å². The quantitative estimate of drug-likeness (QED) is 0.355. The highest BCUT2D eigenvalue weighted by atomic mass is 28.4. The summed E-state index contributed by atoms with van der Waals surface area (Å²) in [5, 5.41) is 3.23. The predicted octanol–water partition coefficient (Wildman–Crippen LogP) is 0.00860. The maximum absolute atomic E-state index is 5.85. The van der Waals surface area contributed by atoms with Gasteiger partial charge in [0.15, 0.2) is 0 Å². The molecule has 5 nitrogen and oxygen atoms in total. The Labute approximate surface area is 100 Å². The average molecular weight is 249 g/mol. The van der Waals surface area contributed by atoms with Gasteiger partial charge in [-0.2, -0.15) is 0 Å². The molecule has 0 aliphatic rings. The van der Waals surface area contributed by atoms with Gasteiger partial charge in [-0.1, -0.05) is 0 Å². The molecular formula is C10H27N3O2Si. The van der Waals surface area contributed by atoms with Crippen LogP contribution in [0.15, 0.2) is 0 Å². The van der Waals surface area contributed by atoms with Gasteiger partial charge in [-0.25, -0.2) is 0 Å². The van der Waals surface area contributed by atoms with Crippen molar-refractivity contribution < 1.29 is 8.85 Å². The standard InChI is InChI=1S/C10H27N3O2Si/c1-14-16(2,10-3-5-11)15-9-4-7-13-8-6-12/h13H,3-12H2,1-2H3. The van der Waals surface area contributed by atoms with Crippen LogP contribution in [0.1, 0.15) is 12.8 Å². The molecule has 0 spiro atoms. The number of rotatable bonds is 11. The Morgan fingerprint density at radius 2 is 1.88 bits per heavy atom. The summed E-state index contributed by atoms with van der Waals surface area (Å²) in [6, 6.07) is 0.968. The van der Waals surface area contributed by atoms with Gasteiger partial charge in [0.2, 0.25) is 0 Å². The maximum Gasteiger partial charge on any atom is 0.334 e. The molecule has 0 aromatic heterocycles. The van der Waals surface area contributed by atoms with E-state index >= 15 is 0 Å². The molecule has 0 bridgehead atoms. The predicted molar refractivity (Wildman–Crippen MR) is 69.6 cm³/mol. The third-order valence-corrected chi connectivity index (χ3v) is 5.43. The molecule has 16 heavy (non-hydrogen) atoms. The first-order chi connectivity index (χ1) is 7.68. The van der Waals surface area contributed by atoms with Gasteiger partial charge in [0.25, 0.3) is 0 Å². The number of hydrogen-bond acceptors (Lipinski definition) is 5. The first kappa shape index (κ1) is 16.0. The van der Waals surface area contributed by atoms with Crippen LogP contribution in [-0.4, -0.2) is 48.5 Å². The Hall–Kier alpha value is 0.0169. The zero-order valence-corrected chi connectivity index (χ0v) is 11.6. The van der Waals surface area contributed by atoms with E-state index < -0.39 is 8.56 Å². The Morgan fingerprint density at radius 3 is 2.44 bits per heavy atom. The molecule has 1 unspecified atom stereocenters. The second kappa shape index (κ2) is 10.2. The van der Waals surface area contributed by atoms with E-state index in [1.165, 1.54) is 0 Å². The van der Waals surface area contributed by atoms with Gasteiger partial charge in [-0.3, -0.25) is 0 Å². The van der Waals surface area contributed by atoms with Crippen molar-refractivity contribution in [1.82, 2.24) is 5.32 Å². The van der Waals surface area contributed by atoms with Gasteiger partial charge in [0, 0.05) is 26.8 Å². The fraction of sp³-hybridized carbons (Fsp3) is 1.00. The highest BCUT2D eigenvalue weighted by Crippen LogP contribution is 2.14. The van der Waals surface area contributed by atoms with Gasteiger partial charge in [0.1, 0.15) is 0 Å². The van der Waals surface area contributed by atoms with E-state index in [0.29, 0.717) is 13.1 Å². The van der Waals surface area contributed by atoms with E-state index in [4.69, 9.17) is 20.3 Å². The number of nitrogens with two attached hydrogens (primary N) is 2. The van der Waals surface area contributed by atoms with Gasteiger partial charge in [0.05, 0.1) is 0 Å². The van der Waals surface area contributed by atoms with Crippen LogP contribution >= 0.6 is 0 Å². The molecule has 0 aliphatic carbocycles. The summed E-state index contributed by atoms with van der Waals surface area (Å²) < 4.78 is 11.3. The lowest BCUT2D eigenvalue weighted by molar-refractivity contribution is 0.201. The fourth-order valence-corrected chi connectivity index (χ4v) is 3.26. The summed E-state index contributed by atoms with van der Waals surface area (Å²) in [5.74, 6) is 0. The summed E-state index contributed by atoms with van der Waals surface area (Å²) >= 11 is 0. The highest BCUT2D eigenvalue weighted by molar-refractivity contribution is 6.65. The molecule has 0 amide bonds. The average Bonchev–Trinajstić information content (AvgIpc) is 2.31. The molecule has 6 heteroatoms. The van der Waals surface area contributed by atoms with E-state index in [1.807, 2.05) is 0 Å². The molecule has 0 aromatic carbocycles. The molecule has 0 fully saturated rings. The van der Waals surface area contributed by atoms with Crippen molar-refractivity contribution in [3.63, 3.8) is 0 Å².